The number of nitrogens with zero attached hydrogens (tertiary/aromatic N) is 2. The highest BCUT2D eigenvalue weighted by molar-refractivity contribution is 7.76. The molecule has 44 heavy (non-hydrogen) atoms. The molecule has 0 aromatic heterocycles. The molecule has 7 unspecified atom stereocenters. The van der Waals surface area contributed by atoms with Gasteiger partial charge in [0.1, 0.15) is 0 Å². The van der Waals surface area contributed by atoms with Crippen molar-refractivity contribution >= 4 is 46.3 Å². The van der Waals surface area contributed by atoms with Crippen LogP contribution in [0.3, 0.4) is 0 Å². The number of amides is 1. The Balaban J connectivity index is 1.47. The van der Waals surface area contributed by atoms with Crippen LogP contribution in [0.2, 0.25) is 10.0 Å². The minimum Gasteiger partial charge on any atom is -0.760 e. The van der Waals surface area contributed by atoms with E-state index in [1.54, 1.807) is 49.4 Å². The third-order valence-electron chi connectivity index (χ3n) is 8.99. The third kappa shape index (κ3) is 7.17. The number of benzene rings is 3. The zero-order valence-electron chi connectivity index (χ0n) is 24.0. The van der Waals surface area contributed by atoms with Crippen LogP contribution in [0.1, 0.15) is 66.7 Å². The lowest BCUT2D eigenvalue weighted by atomic mass is 9.68. The van der Waals surface area contributed by atoms with Crippen LogP contribution >= 0.6 is 23.2 Å². The number of hydrogen-bond donors (Lipinski definition) is 2. The number of halogens is 2. The van der Waals surface area contributed by atoms with Gasteiger partial charge in [-0.25, -0.2) is 4.31 Å². The molecule has 1 saturated heterocycles. The molecule has 230 valence electrons. The standard InChI is InChI=1S/C33H33Cl2N3O5S/c1-33(17-31(39)40)16-28(21-7-4-8-25(35)13-21)29(37-32(33)41)14-26(20-9-11-24(34)12-10-20)27-15-30(27)38(44(42)43)19-23-6-3-2-5-22(23)18-36/h2-13,26-30H,14-17,19H2,1H3,(H,37,41)(H,39,40)(H,42,43)/p-1. The lowest BCUT2D eigenvalue weighted by Gasteiger charge is -2.43. The average Bonchev–Trinajstić information content (AvgIpc) is 3.76. The van der Waals surface area contributed by atoms with E-state index in [4.69, 9.17) is 23.2 Å². The summed E-state index contributed by atoms with van der Waals surface area (Å²) in [5.74, 6) is -1.80. The molecule has 1 amide bonds. The Hall–Kier alpha value is -3.26. The van der Waals surface area contributed by atoms with Crippen molar-refractivity contribution in [2.45, 2.75) is 63.1 Å². The minimum absolute atomic E-state index is 0.0624. The first-order valence-corrected chi connectivity index (χ1v) is 16.2. The van der Waals surface area contributed by atoms with Crippen molar-refractivity contribution in [2.75, 3.05) is 0 Å². The topological polar surface area (TPSA) is 134 Å². The van der Waals surface area contributed by atoms with Gasteiger partial charge >= 0.3 is 5.97 Å². The lowest BCUT2D eigenvalue weighted by molar-refractivity contribution is -0.147. The number of aliphatic carboxylic acids is 1. The minimum atomic E-state index is -2.53. The molecular formula is C33H32Cl2N3O5S-. The molecule has 1 saturated carbocycles. The Morgan fingerprint density at radius 3 is 2.55 bits per heavy atom. The Bertz CT molecular complexity index is 1610. The summed E-state index contributed by atoms with van der Waals surface area (Å²) < 4.78 is 26.4. The van der Waals surface area contributed by atoms with Crippen molar-refractivity contribution in [2.24, 2.45) is 11.3 Å². The van der Waals surface area contributed by atoms with Crippen LogP contribution in [-0.2, 0) is 27.4 Å². The molecule has 2 N–H and O–H groups in total. The van der Waals surface area contributed by atoms with Crippen LogP contribution in [0, 0.1) is 22.7 Å². The molecule has 1 aliphatic carbocycles. The van der Waals surface area contributed by atoms with Crippen LogP contribution in [0.15, 0.2) is 72.8 Å². The van der Waals surface area contributed by atoms with Gasteiger partial charge in [0.2, 0.25) is 5.91 Å². The Morgan fingerprint density at radius 2 is 1.89 bits per heavy atom. The van der Waals surface area contributed by atoms with Crippen molar-refractivity contribution in [1.82, 2.24) is 9.62 Å². The zero-order chi connectivity index (χ0) is 31.6. The number of carboxylic acid groups (broad SMARTS) is 1. The number of piperidine rings is 1. The fourth-order valence-electron chi connectivity index (χ4n) is 6.68. The lowest BCUT2D eigenvalue weighted by Crippen LogP contribution is -2.54. The Labute approximate surface area is 269 Å². The van der Waals surface area contributed by atoms with E-state index in [-0.39, 0.29) is 48.7 Å². The van der Waals surface area contributed by atoms with Crippen molar-refractivity contribution in [3.05, 3.63) is 105 Å². The molecule has 2 fully saturated rings. The van der Waals surface area contributed by atoms with E-state index >= 15 is 0 Å². The fraction of sp³-hybridized carbons (Fsp3) is 0.364. The summed E-state index contributed by atoms with van der Waals surface area (Å²) in [6, 6.07) is 23.3. The second kappa shape index (κ2) is 13.4. The van der Waals surface area contributed by atoms with Gasteiger partial charge in [-0.2, -0.15) is 5.26 Å². The third-order valence-corrected chi connectivity index (χ3v) is 10.3. The summed E-state index contributed by atoms with van der Waals surface area (Å²) in [4.78, 5) is 25.2. The number of hydrogen-bond acceptors (Lipinski definition) is 5. The first kappa shape index (κ1) is 32.1. The summed E-state index contributed by atoms with van der Waals surface area (Å²) in [6.07, 6.45) is 1.11. The summed E-state index contributed by atoms with van der Waals surface area (Å²) in [5, 5.41) is 23.4. The predicted octanol–water partition coefficient (Wildman–Crippen LogP) is 6.18. The smallest absolute Gasteiger partial charge is 0.304 e. The molecule has 0 radical (unpaired) electrons. The molecule has 1 heterocycles. The highest BCUT2D eigenvalue weighted by Crippen LogP contribution is 2.52. The molecule has 7 atom stereocenters. The van der Waals surface area contributed by atoms with Crippen LogP contribution in [0.5, 0.6) is 0 Å². The normalized spacial score (nSPS) is 26.0. The van der Waals surface area contributed by atoms with Crippen molar-refractivity contribution in [3.63, 3.8) is 0 Å². The van der Waals surface area contributed by atoms with Crippen LogP contribution in [0.25, 0.3) is 0 Å². The van der Waals surface area contributed by atoms with Crippen LogP contribution in [0.4, 0.5) is 0 Å². The fourth-order valence-corrected chi connectivity index (χ4v) is 7.71. The molecule has 0 bridgehead atoms. The van der Waals surface area contributed by atoms with Gasteiger partial charge in [-0.1, -0.05) is 72.6 Å². The van der Waals surface area contributed by atoms with E-state index in [0.29, 0.717) is 40.4 Å². The van der Waals surface area contributed by atoms with Gasteiger partial charge in [0.05, 0.1) is 23.5 Å². The van der Waals surface area contributed by atoms with Crippen molar-refractivity contribution < 1.29 is 23.5 Å². The van der Waals surface area contributed by atoms with Gasteiger partial charge in [0, 0.05) is 45.9 Å². The van der Waals surface area contributed by atoms with Crippen molar-refractivity contribution in [3.8, 4) is 6.07 Å². The van der Waals surface area contributed by atoms with Crippen LogP contribution < -0.4 is 5.32 Å². The van der Waals surface area contributed by atoms with E-state index in [2.05, 4.69) is 11.4 Å². The van der Waals surface area contributed by atoms with E-state index < -0.39 is 22.7 Å². The number of carbonyl (C=O) groups excluding carboxylic acids is 1. The molecule has 11 heteroatoms. The molecule has 0 spiro atoms. The SMILES string of the molecule is CC1(CC(=O)O)CC(c2cccc(Cl)c2)C(CC(c2ccc(Cl)cc2)C2CC2N(Cc2ccccc2C#N)S(=O)[O-])NC1=O. The van der Waals surface area contributed by atoms with Gasteiger partial charge in [-0.15, -0.1) is 0 Å². The van der Waals surface area contributed by atoms with Gasteiger partial charge < -0.3 is 15.0 Å². The zero-order valence-corrected chi connectivity index (χ0v) is 26.3. The summed E-state index contributed by atoms with van der Waals surface area (Å²) >= 11 is 10.1. The van der Waals surface area contributed by atoms with Crippen LogP contribution in [-0.4, -0.2) is 42.1 Å². The first-order valence-electron chi connectivity index (χ1n) is 14.4. The van der Waals surface area contributed by atoms with Gasteiger partial charge in [0.25, 0.3) is 0 Å². The maximum atomic E-state index is 13.4. The second-order valence-corrected chi connectivity index (χ2v) is 13.8. The van der Waals surface area contributed by atoms with E-state index in [0.717, 1.165) is 11.1 Å². The number of rotatable bonds is 11. The molecule has 3 aromatic rings. The Kier molecular flexibility index (Phi) is 9.78. The van der Waals surface area contributed by atoms with E-state index in [1.165, 1.54) is 4.31 Å². The summed E-state index contributed by atoms with van der Waals surface area (Å²) in [7, 11) is 0. The number of carboxylic acids is 1. The van der Waals surface area contributed by atoms with Gasteiger partial charge in [0.15, 0.2) is 0 Å². The highest BCUT2D eigenvalue weighted by Gasteiger charge is 2.51. The number of carbonyl (C=O) groups is 2. The molecule has 5 rings (SSSR count). The predicted molar refractivity (Wildman–Crippen MR) is 167 cm³/mol. The first-order chi connectivity index (χ1) is 21.0. The van der Waals surface area contributed by atoms with Crippen molar-refractivity contribution in [1.29, 1.82) is 5.26 Å². The van der Waals surface area contributed by atoms with Gasteiger partial charge in [-0.05, 0) is 78.1 Å². The molecule has 3 aromatic carbocycles. The Morgan fingerprint density at radius 1 is 1.16 bits per heavy atom. The molecular weight excluding hydrogens is 621 g/mol. The monoisotopic (exact) mass is 652 g/mol. The summed E-state index contributed by atoms with van der Waals surface area (Å²) in [5.41, 5.74) is 1.81. The van der Waals surface area contributed by atoms with E-state index in [1.807, 2.05) is 30.3 Å². The van der Waals surface area contributed by atoms with Gasteiger partial charge in [-0.3, -0.25) is 13.8 Å². The maximum Gasteiger partial charge on any atom is 0.304 e. The van der Waals surface area contributed by atoms with E-state index in [9.17, 15) is 28.7 Å². The maximum absolute atomic E-state index is 13.4. The largest absolute Gasteiger partial charge is 0.760 e. The highest BCUT2D eigenvalue weighted by atomic mass is 35.5. The quantitative estimate of drug-likeness (QED) is 0.238. The molecule has 2 aliphatic rings. The molecule has 1 aliphatic heterocycles. The number of nitrogens with one attached hydrogen (secondary N) is 1. The second-order valence-electron chi connectivity index (χ2n) is 12.0. The number of nitriles is 1. The summed E-state index contributed by atoms with van der Waals surface area (Å²) in [6.45, 7) is 1.76. The molecule has 8 nitrogen and oxygen atoms in total. The average molecular weight is 654 g/mol.